The van der Waals surface area contributed by atoms with E-state index in [1.165, 1.54) is 12.3 Å². The molecule has 0 aliphatic carbocycles. The van der Waals surface area contributed by atoms with Gasteiger partial charge in [0.2, 0.25) is 10.0 Å². The molecule has 1 aromatic carbocycles. The van der Waals surface area contributed by atoms with Crippen LogP contribution >= 0.6 is 0 Å². The largest absolute Gasteiger partial charge is 0.433 e. The van der Waals surface area contributed by atoms with Gasteiger partial charge < -0.3 is 5.11 Å². The average molecular weight is 440 g/mol. The van der Waals surface area contributed by atoms with Crippen LogP contribution in [0.4, 0.5) is 17.6 Å². The minimum atomic E-state index is -4.73. The number of pyridine rings is 1. The summed E-state index contributed by atoms with van der Waals surface area (Å²) in [4.78, 5) is 2.71. The average Bonchev–Trinajstić information content (AvgIpc) is 3.28. The maximum atomic E-state index is 14.7. The van der Waals surface area contributed by atoms with E-state index in [1.54, 1.807) is 6.07 Å². The van der Waals surface area contributed by atoms with Gasteiger partial charge in [-0.1, -0.05) is 12.1 Å². The molecule has 3 aromatic rings. The van der Waals surface area contributed by atoms with Gasteiger partial charge in [0.05, 0.1) is 24.0 Å². The zero-order valence-corrected chi connectivity index (χ0v) is 15.6. The second kappa shape index (κ2) is 6.09. The number of sulfonamides is 1. The molecule has 156 valence electrons. The van der Waals surface area contributed by atoms with Crippen LogP contribution in [0.1, 0.15) is 46.3 Å². The number of aromatic nitrogens is 3. The molecule has 0 radical (unpaired) electrons. The van der Waals surface area contributed by atoms with Gasteiger partial charge in [0.25, 0.3) is 0 Å². The molecule has 0 amide bonds. The van der Waals surface area contributed by atoms with E-state index in [9.17, 15) is 31.1 Å². The summed E-state index contributed by atoms with van der Waals surface area (Å²) < 4.78 is 80.8. The Morgan fingerprint density at radius 3 is 2.53 bits per heavy atom. The summed E-state index contributed by atoms with van der Waals surface area (Å²) in [5, 5.41) is 17.3. The number of aliphatic hydroxyl groups excluding tert-OH is 1. The maximum absolute atomic E-state index is 14.7. The van der Waals surface area contributed by atoms with Crippen LogP contribution < -0.4 is 0 Å². The number of fused-ring (bicyclic) bond motifs is 7. The van der Waals surface area contributed by atoms with E-state index in [0.29, 0.717) is 23.4 Å². The molecule has 4 heterocycles. The third-order valence-electron chi connectivity index (χ3n) is 5.40. The molecule has 0 saturated carbocycles. The predicted molar refractivity (Wildman–Crippen MR) is 92.8 cm³/mol. The molecule has 2 unspecified atom stereocenters. The smallest absolute Gasteiger partial charge is 0.385 e. The Morgan fingerprint density at radius 2 is 1.87 bits per heavy atom. The number of nitrogens with zero attached hydrogens (tertiary/aromatic N) is 3. The Morgan fingerprint density at radius 1 is 1.10 bits per heavy atom. The van der Waals surface area contributed by atoms with Crippen molar-refractivity contribution in [3.8, 4) is 0 Å². The number of halogens is 4. The van der Waals surface area contributed by atoms with E-state index in [-0.39, 0.29) is 11.3 Å². The van der Waals surface area contributed by atoms with Crippen LogP contribution in [-0.4, -0.2) is 33.0 Å². The van der Waals surface area contributed by atoms with Gasteiger partial charge >= 0.3 is 6.18 Å². The maximum Gasteiger partial charge on any atom is 0.433 e. The Kier molecular flexibility index (Phi) is 3.89. The van der Waals surface area contributed by atoms with E-state index in [0.717, 1.165) is 16.4 Å². The molecule has 0 saturated heterocycles. The number of nitrogens with one attached hydrogen (secondary N) is 1. The fraction of sp³-hybridized carbons (Fsp3) is 0.222. The summed E-state index contributed by atoms with van der Waals surface area (Å²) in [5.74, 6) is -0.692. The first-order valence-electron chi connectivity index (χ1n) is 8.68. The molecule has 2 N–H and O–H groups in total. The third kappa shape index (κ3) is 2.47. The number of alkyl halides is 3. The van der Waals surface area contributed by atoms with E-state index < -0.39 is 50.8 Å². The highest BCUT2D eigenvalue weighted by Gasteiger charge is 2.56. The lowest BCUT2D eigenvalue weighted by atomic mass is 9.98. The first kappa shape index (κ1) is 19.2. The molecule has 2 bridgehead atoms. The van der Waals surface area contributed by atoms with Crippen LogP contribution in [0.15, 0.2) is 47.6 Å². The predicted octanol–water partition coefficient (Wildman–Crippen LogP) is 2.84. The Labute approximate surface area is 167 Å². The summed E-state index contributed by atoms with van der Waals surface area (Å²) >= 11 is 0. The van der Waals surface area contributed by atoms with E-state index >= 15 is 0 Å². The van der Waals surface area contributed by atoms with Gasteiger partial charge in [-0.25, -0.2) is 12.8 Å². The monoisotopic (exact) mass is 440 g/mol. The SMILES string of the molecule is O=S(=O)(c1ccc(C(F)(F)F)nc1)N1C2c3cn[nH]c3[C@H](O)C1c1c(F)cccc12. The number of hydrogen-bond donors (Lipinski definition) is 2. The summed E-state index contributed by atoms with van der Waals surface area (Å²) in [7, 11) is -4.46. The van der Waals surface area contributed by atoms with Crippen LogP contribution in [0.3, 0.4) is 0 Å². The lowest BCUT2D eigenvalue weighted by Crippen LogP contribution is -2.40. The fourth-order valence-corrected chi connectivity index (χ4v) is 5.85. The van der Waals surface area contributed by atoms with Crippen molar-refractivity contribution < 1.29 is 31.1 Å². The summed E-state index contributed by atoms with van der Waals surface area (Å²) in [6.07, 6.45) is -4.23. The molecule has 12 heteroatoms. The van der Waals surface area contributed by atoms with Gasteiger partial charge in [0.1, 0.15) is 22.5 Å². The van der Waals surface area contributed by atoms with Crippen molar-refractivity contribution in [2.45, 2.75) is 29.3 Å². The summed E-state index contributed by atoms with van der Waals surface area (Å²) in [6.45, 7) is 0. The number of rotatable bonds is 2. The van der Waals surface area contributed by atoms with Crippen molar-refractivity contribution in [3.05, 3.63) is 76.6 Å². The standard InChI is InChI=1S/C18H12F4N4O3S/c19-11-3-1-2-9-13(11)16-17(27)14-10(7-24-25-14)15(9)26(16)30(28,29)8-4-5-12(23-6-8)18(20,21)22/h1-7,15-17,27H,(H,24,25)/t15?,16?,17-/m0/s1. The highest BCUT2D eigenvalue weighted by atomic mass is 32.2. The minimum Gasteiger partial charge on any atom is -0.385 e. The van der Waals surface area contributed by atoms with Crippen LogP contribution in [-0.2, 0) is 16.2 Å². The molecule has 30 heavy (non-hydrogen) atoms. The van der Waals surface area contributed by atoms with Gasteiger partial charge in [-0.3, -0.25) is 10.1 Å². The first-order valence-corrected chi connectivity index (χ1v) is 10.1. The van der Waals surface area contributed by atoms with Crippen molar-refractivity contribution in [1.82, 2.24) is 19.5 Å². The van der Waals surface area contributed by atoms with Crippen molar-refractivity contribution in [1.29, 1.82) is 0 Å². The molecule has 2 aliphatic heterocycles. The quantitative estimate of drug-likeness (QED) is 0.597. The van der Waals surface area contributed by atoms with Gasteiger partial charge in [0, 0.05) is 17.3 Å². The lowest BCUT2D eigenvalue weighted by molar-refractivity contribution is -0.141. The zero-order valence-electron chi connectivity index (χ0n) is 14.8. The lowest BCUT2D eigenvalue weighted by Gasteiger charge is -2.36. The van der Waals surface area contributed by atoms with E-state index in [4.69, 9.17) is 0 Å². The molecule has 0 fully saturated rings. The highest BCUT2D eigenvalue weighted by Crippen LogP contribution is 2.58. The van der Waals surface area contributed by atoms with Crippen LogP contribution in [0.25, 0.3) is 0 Å². The Hall–Kier alpha value is -2.83. The highest BCUT2D eigenvalue weighted by molar-refractivity contribution is 7.89. The number of aromatic amines is 1. The molecular formula is C18H12F4N4O3S. The van der Waals surface area contributed by atoms with Gasteiger partial charge in [-0.2, -0.15) is 22.6 Å². The molecule has 0 spiro atoms. The van der Waals surface area contributed by atoms with Gasteiger partial charge in [-0.15, -0.1) is 0 Å². The van der Waals surface area contributed by atoms with Crippen molar-refractivity contribution in [3.63, 3.8) is 0 Å². The number of hydrogen-bond acceptors (Lipinski definition) is 5. The second-order valence-corrected chi connectivity index (χ2v) is 8.83. The topological polar surface area (TPSA) is 99.2 Å². The number of benzene rings is 1. The fourth-order valence-electron chi connectivity index (χ4n) is 4.16. The summed E-state index contributed by atoms with van der Waals surface area (Å²) in [6, 6.07) is 3.17. The van der Waals surface area contributed by atoms with Crippen molar-refractivity contribution in [2.75, 3.05) is 0 Å². The summed E-state index contributed by atoms with van der Waals surface area (Å²) in [5.41, 5.74) is -0.288. The molecule has 3 atom stereocenters. The molecule has 7 nitrogen and oxygen atoms in total. The first-order chi connectivity index (χ1) is 14.1. The molecule has 2 aromatic heterocycles. The minimum absolute atomic E-state index is 0.0167. The van der Waals surface area contributed by atoms with Crippen molar-refractivity contribution in [2.24, 2.45) is 0 Å². The zero-order chi connectivity index (χ0) is 21.4. The van der Waals surface area contributed by atoms with Crippen LogP contribution in [0.5, 0.6) is 0 Å². The second-order valence-electron chi connectivity index (χ2n) is 6.99. The van der Waals surface area contributed by atoms with E-state index in [2.05, 4.69) is 15.2 Å². The van der Waals surface area contributed by atoms with E-state index in [1.807, 2.05) is 0 Å². The van der Waals surface area contributed by atoms with Crippen LogP contribution in [0.2, 0.25) is 0 Å². The van der Waals surface area contributed by atoms with Crippen molar-refractivity contribution >= 4 is 10.0 Å². The Balaban J connectivity index is 1.69. The van der Waals surface area contributed by atoms with Crippen LogP contribution in [0, 0.1) is 5.82 Å². The Bertz CT molecular complexity index is 1260. The molecule has 2 aliphatic rings. The molecular weight excluding hydrogens is 428 g/mol. The third-order valence-corrected chi connectivity index (χ3v) is 7.23. The van der Waals surface area contributed by atoms with Gasteiger partial charge in [0.15, 0.2) is 0 Å². The molecule has 5 rings (SSSR count). The number of aliphatic hydroxyl groups is 1. The van der Waals surface area contributed by atoms with Gasteiger partial charge in [-0.05, 0) is 23.8 Å². The number of H-pyrrole nitrogens is 1. The normalized spacial score (nSPS) is 23.3.